The standard InChI is InChI=1S/C4H2NOS.2CH3.Sn.H/c6-2-4-1-5-3-7-4;;;;/h1-2H;2*1H3;;. The monoisotopic (exact) mass is 263 g/mol. The predicted molar refractivity (Wildman–Crippen MR) is 46.0 cm³/mol. The molecule has 2 nitrogen and oxygen atoms in total. The zero-order valence-electron chi connectivity index (χ0n) is 6.00. The number of carbonyl (C=O) groups excluding carboxylic acids is 1. The van der Waals surface area contributed by atoms with Crippen LogP contribution in [0.5, 0.6) is 0 Å². The molecule has 0 spiro atoms. The second-order valence-electron chi connectivity index (χ2n) is 2.37. The Hall–Kier alpha value is 0.0987. The number of carbonyl (C=O) groups is 1. The van der Waals surface area contributed by atoms with Gasteiger partial charge in [0.15, 0.2) is 0 Å². The van der Waals surface area contributed by atoms with Gasteiger partial charge in [0.05, 0.1) is 0 Å². The Labute approximate surface area is 71.0 Å². The molecule has 0 unspecified atom stereocenters. The van der Waals surface area contributed by atoms with Gasteiger partial charge in [-0.1, -0.05) is 0 Å². The fraction of sp³-hybridized carbons (Fsp3) is 0.333. The first-order valence-corrected chi connectivity index (χ1v) is 12.2. The number of thiazole rings is 1. The average Bonchev–Trinajstić information content (AvgIpc) is 2.34. The molecule has 0 radical (unpaired) electrons. The summed E-state index contributed by atoms with van der Waals surface area (Å²) in [5, 5.41) is 0. The SMILES string of the molecule is [CH3][SnH]([CH3])[c]1ncc(C=O)s1. The van der Waals surface area contributed by atoms with E-state index in [1.165, 1.54) is 3.02 Å². The molecule has 1 aromatic heterocycles. The van der Waals surface area contributed by atoms with E-state index in [9.17, 15) is 4.79 Å². The molecular formula is C6H9NOSSn. The van der Waals surface area contributed by atoms with E-state index in [2.05, 4.69) is 14.9 Å². The molecule has 0 aliphatic carbocycles. The second kappa shape index (κ2) is 3.48. The third-order valence-corrected chi connectivity index (χ3v) is 9.32. The van der Waals surface area contributed by atoms with Crippen LogP contribution in [0.1, 0.15) is 9.67 Å². The Morgan fingerprint density at radius 1 is 1.70 bits per heavy atom. The maximum atomic E-state index is 10.2. The van der Waals surface area contributed by atoms with Crippen molar-refractivity contribution < 1.29 is 4.79 Å². The van der Waals surface area contributed by atoms with Gasteiger partial charge in [-0.15, -0.1) is 0 Å². The van der Waals surface area contributed by atoms with Gasteiger partial charge < -0.3 is 0 Å². The van der Waals surface area contributed by atoms with Gasteiger partial charge in [-0.2, -0.15) is 0 Å². The van der Waals surface area contributed by atoms with Crippen molar-refractivity contribution in [3.8, 4) is 0 Å². The maximum absolute atomic E-state index is 10.2. The van der Waals surface area contributed by atoms with Crippen LogP contribution in [0.3, 0.4) is 0 Å². The Bertz CT molecular complexity index is 233. The van der Waals surface area contributed by atoms with Crippen LogP contribution >= 0.6 is 11.3 Å². The molecule has 0 aromatic carbocycles. The summed E-state index contributed by atoms with van der Waals surface area (Å²) in [5.41, 5.74) is 0. The summed E-state index contributed by atoms with van der Waals surface area (Å²) < 4.78 is 1.24. The summed E-state index contributed by atoms with van der Waals surface area (Å²) in [6.45, 7) is 0. The molecule has 0 aliphatic heterocycles. The van der Waals surface area contributed by atoms with Crippen LogP contribution in [-0.2, 0) is 0 Å². The van der Waals surface area contributed by atoms with Crippen LogP contribution in [0.4, 0.5) is 0 Å². The normalized spacial score (nSPS) is 10.3. The van der Waals surface area contributed by atoms with Crippen LogP contribution in [0.25, 0.3) is 0 Å². The van der Waals surface area contributed by atoms with E-state index in [0.29, 0.717) is 0 Å². The van der Waals surface area contributed by atoms with Crippen molar-refractivity contribution in [2.45, 2.75) is 9.88 Å². The minimum atomic E-state index is -1.39. The van der Waals surface area contributed by atoms with Gasteiger partial charge in [0.25, 0.3) is 0 Å². The summed E-state index contributed by atoms with van der Waals surface area (Å²) in [6.07, 6.45) is 2.54. The summed E-state index contributed by atoms with van der Waals surface area (Å²) in [4.78, 5) is 19.7. The summed E-state index contributed by atoms with van der Waals surface area (Å²) >= 11 is 0.166. The molecule has 1 heterocycles. The fourth-order valence-electron chi connectivity index (χ4n) is 0.622. The van der Waals surface area contributed by atoms with Gasteiger partial charge in [0.1, 0.15) is 0 Å². The van der Waals surface area contributed by atoms with Crippen LogP contribution in [0, 0.1) is 0 Å². The minimum absolute atomic E-state index is 0.764. The average molecular weight is 262 g/mol. The molecule has 1 rings (SSSR count). The quantitative estimate of drug-likeness (QED) is 0.578. The molecule has 0 N–H and O–H groups in total. The first-order valence-electron chi connectivity index (χ1n) is 3.15. The van der Waals surface area contributed by atoms with E-state index < -0.39 is 19.8 Å². The number of nitrogens with zero attached hydrogens (tertiary/aromatic N) is 1. The molecule has 0 saturated carbocycles. The third-order valence-electron chi connectivity index (χ3n) is 1.15. The van der Waals surface area contributed by atoms with E-state index in [4.69, 9.17) is 0 Å². The zero-order valence-corrected chi connectivity index (χ0v) is 10.1. The van der Waals surface area contributed by atoms with Gasteiger partial charge in [-0.25, -0.2) is 0 Å². The second-order valence-corrected chi connectivity index (χ2v) is 12.8. The molecular weight excluding hydrogens is 253 g/mol. The molecule has 54 valence electrons. The van der Waals surface area contributed by atoms with Crippen molar-refractivity contribution in [1.82, 2.24) is 4.98 Å². The third kappa shape index (κ3) is 1.79. The van der Waals surface area contributed by atoms with Crippen LogP contribution < -0.4 is 3.02 Å². The molecule has 1 aromatic rings. The molecule has 0 saturated heterocycles. The zero-order chi connectivity index (χ0) is 7.56. The molecule has 0 atom stereocenters. The van der Waals surface area contributed by atoms with Gasteiger partial charge in [0, 0.05) is 0 Å². The van der Waals surface area contributed by atoms with Crippen LogP contribution in [0.15, 0.2) is 6.20 Å². The van der Waals surface area contributed by atoms with Gasteiger partial charge in [-0.3, -0.25) is 0 Å². The predicted octanol–water partition coefficient (Wildman–Crippen LogP) is 0.649. The number of aromatic nitrogens is 1. The van der Waals surface area contributed by atoms with Crippen LogP contribution in [0.2, 0.25) is 9.88 Å². The molecule has 0 fully saturated rings. The fourth-order valence-corrected chi connectivity index (χ4v) is 5.61. The first-order chi connectivity index (χ1) is 4.74. The number of hydrogen-bond acceptors (Lipinski definition) is 3. The Morgan fingerprint density at radius 2 is 2.40 bits per heavy atom. The van der Waals surface area contributed by atoms with Crippen molar-refractivity contribution in [2.75, 3.05) is 0 Å². The summed E-state index contributed by atoms with van der Waals surface area (Å²) in [7, 11) is 0. The summed E-state index contributed by atoms with van der Waals surface area (Å²) in [5.74, 6) is 0. The Morgan fingerprint density at radius 3 is 2.70 bits per heavy atom. The molecule has 0 aliphatic rings. The molecule has 0 bridgehead atoms. The molecule has 10 heavy (non-hydrogen) atoms. The van der Waals surface area contributed by atoms with E-state index in [-0.39, 0.29) is 0 Å². The van der Waals surface area contributed by atoms with Crippen molar-refractivity contribution in [1.29, 1.82) is 0 Å². The van der Waals surface area contributed by atoms with Crippen molar-refractivity contribution in [3.05, 3.63) is 11.1 Å². The Kier molecular flexibility index (Phi) is 2.85. The molecule has 4 heteroatoms. The van der Waals surface area contributed by atoms with E-state index >= 15 is 0 Å². The number of rotatable bonds is 2. The van der Waals surface area contributed by atoms with E-state index in [1.54, 1.807) is 17.5 Å². The topological polar surface area (TPSA) is 30.0 Å². The molecule has 0 amide bonds. The number of aldehydes is 1. The number of hydrogen-bond donors (Lipinski definition) is 0. The van der Waals surface area contributed by atoms with Gasteiger partial charge >= 0.3 is 71.1 Å². The van der Waals surface area contributed by atoms with Crippen molar-refractivity contribution in [2.24, 2.45) is 0 Å². The van der Waals surface area contributed by atoms with Crippen LogP contribution in [-0.4, -0.2) is 31.0 Å². The first kappa shape index (κ1) is 8.20. The van der Waals surface area contributed by atoms with Gasteiger partial charge in [0.2, 0.25) is 0 Å². The Balaban J connectivity index is 2.88. The van der Waals surface area contributed by atoms with E-state index in [1.807, 2.05) is 0 Å². The summed E-state index contributed by atoms with van der Waals surface area (Å²) in [6, 6.07) is 0. The van der Waals surface area contributed by atoms with Gasteiger partial charge in [-0.05, 0) is 0 Å². The van der Waals surface area contributed by atoms with E-state index in [0.717, 1.165) is 11.2 Å². The van der Waals surface area contributed by atoms with Crippen molar-refractivity contribution in [3.63, 3.8) is 0 Å². The van der Waals surface area contributed by atoms with Crippen molar-refractivity contribution >= 4 is 40.4 Å².